The minimum atomic E-state index is -3.98. The highest BCUT2D eigenvalue weighted by molar-refractivity contribution is 7.90. The number of fused-ring (bicyclic) bond motifs is 2. The van der Waals surface area contributed by atoms with Gasteiger partial charge in [0.2, 0.25) is 0 Å². The summed E-state index contributed by atoms with van der Waals surface area (Å²) in [6.45, 7) is 2.63. The number of piperazine rings is 1. The first-order chi connectivity index (χ1) is 15.5. The van der Waals surface area contributed by atoms with Crippen LogP contribution in [0.3, 0.4) is 0 Å². The van der Waals surface area contributed by atoms with Gasteiger partial charge < -0.3 is 15.0 Å². The maximum atomic E-state index is 13.9. The van der Waals surface area contributed by atoms with E-state index in [9.17, 15) is 13.2 Å². The molecule has 0 atom stereocenters. The number of amides is 1. The second-order valence-corrected chi connectivity index (χ2v) is 9.50. The number of aromatic nitrogens is 1. The molecule has 0 saturated carbocycles. The van der Waals surface area contributed by atoms with Crippen molar-refractivity contribution in [2.45, 2.75) is 4.90 Å². The molecule has 0 unspecified atom stereocenters. The van der Waals surface area contributed by atoms with E-state index >= 15 is 0 Å². The van der Waals surface area contributed by atoms with Crippen LogP contribution in [0, 0.1) is 0 Å². The van der Waals surface area contributed by atoms with Crippen molar-refractivity contribution in [2.24, 2.45) is 0 Å². The van der Waals surface area contributed by atoms with E-state index < -0.39 is 10.0 Å². The molecular formula is C24H23N3O4S. The lowest BCUT2D eigenvalue weighted by Crippen LogP contribution is -2.46. The van der Waals surface area contributed by atoms with Crippen LogP contribution >= 0.6 is 0 Å². The fourth-order valence-corrected chi connectivity index (χ4v) is 5.88. The molecule has 1 fully saturated rings. The molecule has 1 saturated heterocycles. The zero-order valence-corrected chi connectivity index (χ0v) is 18.4. The molecule has 8 heteroatoms. The highest BCUT2D eigenvalue weighted by Gasteiger charge is 2.28. The lowest BCUT2D eigenvalue weighted by molar-refractivity contribution is 0.0738. The second kappa shape index (κ2) is 7.96. The summed E-state index contributed by atoms with van der Waals surface area (Å²) < 4.78 is 34.4. The largest absolute Gasteiger partial charge is 0.496 e. The molecule has 7 nitrogen and oxygen atoms in total. The van der Waals surface area contributed by atoms with Crippen LogP contribution in [0.15, 0.2) is 71.8 Å². The van der Waals surface area contributed by atoms with Crippen molar-refractivity contribution in [3.63, 3.8) is 0 Å². The zero-order chi connectivity index (χ0) is 22.3. The number of ether oxygens (including phenoxy) is 1. The van der Waals surface area contributed by atoms with Gasteiger partial charge in [-0.05, 0) is 18.2 Å². The number of nitrogens with zero attached hydrogens (tertiary/aromatic N) is 2. The predicted molar refractivity (Wildman–Crippen MR) is 124 cm³/mol. The average molecular weight is 450 g/mol. The predicted octanol–water partition coefficient (Wildman–Crippen LogP) is 3.09. The Morgan fingerprint density at radius 1 is 0.906 bits per heavy atom. The van der Waals surface area contributed by atoms with Crippen LogP contribution in [0.25, 0.3) is 21.7 Å². The van der Waals surface area contributed by atoms with Crippen molar-refractivity contribution in [1.29, 1.82) is 0 Å². The van der Waals surface area contributed by atoms with Crippen LogP contribution < -0.4 is 10.1 Å². The molecule has 4 aromatic rings. The van der Waals surface area contributed by atoms with Gasteiger partial charge in [0.05, 0.1) is 23.1 Å². The summed E-state index contributed by atoms with van der Waals surface area (Å²) in [6, 6.07) is 17.6. The Labute approximate surface area is 186 Å². The van der Waals surface area contributed by atoms with E-state index in [1.165, 1.54) is 10.2 Å². The molecule has 5 rings (SSSR count). The van der Waals surface area contributed by atoms with Crippen molar-refractivity contribution in [1.82, 2.24) is 14.2 Å². The molecule has 1 aliphatic heterocycles. The molecule has 1 aliphatic rings. The quantitative estimate of drug-likeness (QED) is 0.518. The maximum absolute atomic E-state index is 13.9. The van der Waals surface area contributed by atoms with Gasteiger partial charge >= 0.3 is 0 Å². The Morgan fingerprint density at radius 2 is 1.56 bits per heavy atom. The lowest BCUT2D eigenvalue weighted by Gasteiger charge is -2.27. The van der Waals surface area contributed by atoms with E-state index in [1.54, 1.807) is 54.5 Å². The standard InChI is InChI=1S/C24H23N3O4S/c1-31-22-10-11-23(19-8-3-2-7-18(19)22)32(29,30)27-16-20(17-6-4-5-9-21(17)27)24(28)26-14-12-25-13-15-26/h2-11,16,25H,12-15H2,1H3. The lowest BCUT2D eigenvalue weighted by atomic mass is 10.1. The number of nitrogens with one attached hydrogen (secondary N) is 1. The first-order valence-corrected chi connectivity index (χ1v) is 11.9. The smallest absolute Gasteiger partial charge is 0.268 e. The maximum Gasteiger partial charge on any atom is 0.268 e. The van der Waals surface area contributed by atoms with Gasteiger partial charge in [0.25, 0.3) is 15.9 Å². The average Bonchev–Trinajstić information content (AvgIpc) is 3.24. The van der Waals surface area contributed by atoms with E-state index in [0.717, 1.165) is 13.1 Å². The van der Waals surface area contributed by atoms with Gasteiger partial charge in [0.15, 0.2) is 0 Å². The van der Waals surface area contributed by atoms with Crippen LogP contribution in [0.2, 0.25) is 0 Å². The van der Waals surface area contributed by atoms with Gasteiger partial charge in [-0.15, -0.1) is 0 Å². The van der Waals surface area contributed by atoms with Crippen LogP contribution in [0.1, 0.15) is 10.4 Å². The molecule has 1 N–H and O–H groups in total. The topological polar surface area (TPSA) is 80.6 Å². The molecule has 1 aromatic heterocycles. The molecule has 0 aliphatic carbocycles. The van der Waals surface area contributed by atoms with Crippen LogP contribution in [-0.2, 0) is 10.0 Å². The van der Waals surface area contributed by atoms with Gasteiger partial charge in [0, 0.05) is 48.5 Å². The van der Waals surface area contributed by atoms with E-state index in [4.69, 9.17) is 4.74 Å². The number of hydrogen-bond donors (Lipinski definition) is 1. The third-order valence-electron chi connectivity index (χ3n) is 5.91. The number of benzene rings is 3. The fraction of sp³-hybridized carbons (Fsp3) is 0.208. The van der Waals surface area contributed by atoms with Crippen molar-refractivity contribution < 1.29 is 17.9 Å². The van der Waals surface area contributed by atoms with E-state index in [2.05, 4.69) is 5.32 Å². The Morgan fingerprint density at radius 3 is 2.28 bits per heavy atom. The van der Waals surface area contributed by atoms with E-state index in [-0.39, 0.29) is 10.8 Å². The minimum absolute atomic E-state index is 0.156. The fourth-order valence-electron chi connectivity index (χ4n) is 4.31. The van der Waals surface area contributed by atoms with Crippen molar-refractivity contribution in [2.75, 3.05) is 33.3 Å². The highest BCUT2D eigenvalue weighted by atomic mass is 32.2. The molecule has 0 spiro atoms. The Kier molecular flexibility index (Phi) is 5.11. The van der Waals surface area contributed by atoms with Crippen molar-refractivity contribution in [3.8, 4) is 5.75 Å². The number of para-hydroxylation sites is 1. The number of methoxy groups -OCH3 is 1. The molecule has 1 amide bonds. The van der Waals surface area contributed by atoms with E-state index in [0.29, 0.717) is 46.1 Å². The number of rotatable bonds is 4. The van der Waals surface area contributed by atoms with Crippen LogP contribution in [0.5, 0.6) is 5.75 Å². The Bertz CT molecular complexity index is 1440. The molecule has 32 heavy (non-hydrogen) atoms. The highest BCUT2D eigenvalue weighted by Crippen LogP contribution is 2.34. The third-order valence-corrected chi connectivity index (χ3v) is 7.65. The van der Waals surface area contributed by atoms with Gasteiger partial charge in [-0.25, -0.2) is 12.4 Å². The summed E-state index contributed by atoms with van der Waals surface area (Å²) in [5, 5.41) is 5.13. The molecule has 164 valence electrons. The molecule has 2 heterocycles. The van der Waals surface area contributed by atoms with Gasteiger partial charge in [-0.1, -0.05) is 42.5 Å². The molecular weight excluding hydrogens is 426 g/mol. The summed E-state index contributed by atoms with van der Waals surface area (Å²) in [5.74, 6) is 0.447. The zero-order valence-electron chi connectivity index (χ0n) is 17.6. The second-order valence-electron chi connectivity index (χ2n) is 7.71. The first-order valence-electron chi connectivity index (χ1n) is 10.4. The SMILES string of the molecule is COc1ccc(S(=O)(=O)n2cc(C(=O)N3CCNCC3)c3ccccc32)c2ccccc12. The number of carbonyl (C=O) groups excluding carboxylic acids is 1. The number of carbonyl (C=O) groups is 1. The Hall–Kier alpha value is -3.36. The van der Waals surface area contributed by atoms with Gasteiger partial charge in [-0.2, -0.15) is 0 Å². The van der Waals surface area contributed by atoms with E-state index in [1.807, 2.05) is 18.2 Å². The number of hydrogen-bond acceptors (Lipinski definition) is 5. The summed E-state index contributed by atoms with van der Waals surface area (Å²) in [7, 11) is -2.42. The van der Waals surface area contributed by atoms with Crippen LogP contribution in [0.4, 0.5) is 0 Å². The summed E-state index contributed by atoms with van der Waals surface area (Å²) in [5.41, 5.74) is 0.870. The minimum Gasteiger partial charge on any atom is -0.496 e. The molecule has 0 radical (unpaired) electrons. The van der Waals surface area contributed by atoms with Gasteiger partial charge in [-0.3, -0.25) is 4.79 Å². The third kappa shape index (κ3) is 3.23. The van der Waals surface area contributed by atoms with Gasteiger partial charge in [0.1, 0.15) is 5.75 Å². The van der Waals surface area contributed by atoms with Crippen LogP contribution in [-0.4, -0.2) is 56.5 Å². The van der Waals surface area contributed by atoms with Crippen molar-refractivity contribution >= 4 is 37.6 Å². The molecule has 3 aromatic carbocycles. The molecule has 0 bridgehead atoms. The summed E-state index contributed by atoms with van der Waals surface area (Å²) in [6.07, 6.45) is 1.46. The first kappa shape index (κ1) is 20.5. The summed E-state index contributed by atoms with van der Waals surface area (Å²) >= 11 is 0. The normalized spacial score (nSPS) is 14.7. The Balaban J connectivity index is 1.70. The van der Waals surface area contributed by atoms with Crippen molar-refractivity contribution in [3.05, 3.63) is 72.4 Å². The summed E-state index contributed by atoms with van der Waals surface area (Å²) in [4.78, 5) is 15.2. The monoisotopic (exact) mass is 449 g/mol.